The average molecular weight is 691 g/mol. The Hall–Kier alpha value is -1.34. The molecule has 3 aliphatic carbocycles. The Bertz CT molecular complexity index is 1030. The average Bonchev–Trinajstić information content (AvgIpc) is 3.38. The van der Waals surface area contributed by atoms with Crippen molar-refractivity contribution < 1.29 is 33.3 Å². The highest BCUT2D eigenvalue weighted by atomic mass is 16.6. The van der Waals surface area contributed by atoms with Gasteiger partial charge in [0.25, 0.3) is 0 Å². The van der Waals surface area contributed by atoms with Gasteiger partial charge in [0.2, 0.25) is 0 Å². The number of cyclic esters (lactones) is 1. The summed E-state index contributed by atoms with van der Waals surface area (Å²) >= 11 is 0. The molecule has 3 heterocycles. The number of hydrogen-bond acceptors (Lipinski definition) is 11. The summed E-state index contributed by atoms with van der Waals surface area (Å²) in [6.45, 7) is 9.15. The highest BCUT2D eigenvalue weighted by Crippen LogP contribution is 2.37. The summed E-state index contributed by atoms with van der Waals surface area (Å²) in [7, 11) is 3.36. The fourth-order valence-electron chi connectivity index (χ4n) is 9.74. The van der Waals surface area contributed by atoms with E-state index in [1.54, 1.807) is 14.2 Å². The van der Waals surface area contributed by atoms with Gasteiger partial charge in [-0.3, -0.25) is 15.0 Å². The molecule has 4 bridgehead atoms. The Labute approximate surface area is 295 Å². The second-order valence-electron chi connectivity index (χ2n) is 16.0. The molecule has 0 aromatic heterocycles. The second-order valence-corrected chi connectivity index (χ2v) is 16.0. The van der Waals surface area contributed by atoms with Crippen molar-refractivity contribution in [2.75, 3.05) is 79.8 Å². The number of hydrogen-bond donors (Lipinski definition) is 1. The SMILES string of the molecule is COC1CC2CC(OCCCC(OC(=O)C3CCC4CNN(CC5CCCCC5)C4C3)CCN3CCCN(CCCOC2=O)CC3)C1OC. The number of fused-ring (bicyclic) bond motifs is 6. The maximum Gasteiger partial charge on any atom is 0.309 e. The minimum absolute atomic E-state index is 0.00494. The standard InChI is InChI=1S/C38H66N4O7/c1-45-34-24-31-25-35(36(34)46-2)47-21-6-11-32(14-18-41-16-7-15-40(19-20-41)17-8-22-48-37(31)43)49-38(44)29-12-13-30-26-39-42(33(30)23-29)27-28-9-4-3-5-10-28/h28-36,39H,3-27H2,1-2H3. The van der Waals surface area contributed by atoms with Gasteiger partial charge in [-0.1, -0.05) is 19.3 Å². The van der Waals surface area contributed by atoms with Crippen molar-refractivity contribution in [3.8, 4) is 0 Å². The van der Waals surface area contributed by atoms with Crippen LogP contribution in [0.15, 0.2) is 0 Å². The van der Waals surface area contributed by atoms with Crippen LogP contribution in [0, 0.1) is 23.7 Å². The summed E-state index contributed by atoms with van der Waals surface area (Å²) in [5, 5.41) is 2.51. The molecule has 6 rings (SSSR count). The summed E-state index contributed by atoms with van der Waals surface area (Å²) < 4.78 is 30.3. The predicted octanol–water partition coefficient (Wildman–Crippen LogP) is 4.03. The van der Waals surface area contributed by atoms with E-state index in [1.807, 2.05) is 0 Å². The van der Waals surface area contributed by atoms with Gasteiger partial charge in [0.15, 0.2) is 0 Å². The molecule has 0 aromatic carbocycles. The van der Waals surface area contributed by atoms with Gasteiger partial charge in [-0.05, 0) is 102 Å². The van der Waals surface area contributed by atoms with Crippen LogP contribution in [0.4, 0.5) is 0 Å². The van der Waals surface area contributed by atoms with Gasteiger partial charge in [-0.15, -0.1) is 0 Å². The highest BCUT2D eigenvalue weighted by Gasteiger charge is 2.44. The molecule has 1 N–H and O–H groups in total. The minimum atomic E-state index is -0.271. The van der Waals surface area contributed by atoms with Crippen molar-refractivity contribution in [3.63, 3.8) is 0 Å². The molecular formula is C38H66N4O7. The fraction of sp³-hybridized carbons (Fsp3) is 0.947. The number of carbonyl (C=O) groups is 2. The molecule has 3 saturated heterocycles. The number of ether oxygens (including phenoxy) is 5. The molecule has 0 amide bonds. The maximum absolute atomic E-state index is 13.9. The van der Waals surface area contributed by atoms with Crippen LogP contribution in [0.25, 0.3) is 0 Å². The number of esters is 2. The van der Waals surface area contributed by atoms with Crippen LogP contribution in [0.1, 0.15) is 96.3 Å². The summed E-state index contributed by atoms with van der Waals surface area (Å²) in [6, 6.07) is 0.442. The van der Waals surface area contributed by atoms with E-state index >= 15 is 0 Å². The lowest BCUT2D eigenvalue weighted by molar-refractivity contribution is -0.172. The van der Waals surface area contributed by atoms with Gasteiger partial charge >= 0.3 is 11.9 Å². The number of nitrogens with zero attached hydrogens (tertiary/aromatic N) is 3. The van der Waals surface area contributed by atoms with Gasteiger partial charge in [0, 0.05) is 66.1 Å². The minimum Gasteiger partial charge on any atom is -0.465 e. The van der Waals surface area contributed by atoms with E-state index in [9.17, 15) is 9.59 Å². The summed E-state index contributed by atoms with van der Waals surface area (Å²) in [5.74, 6) is 0.977. The smallest absolute Gasteiger partial charge is 0.309 e. The third-order valence-corrected chi connectivity index (χ3v) is 12.7. The Morgan fingerprint density at radius 2 is 1.59 bits per heavy atom. The van der Waals surface area contributed by atoms with Crippen LogP contribution in [-0.4, -0.2) is 137 Å². The third-order valence-electron chi connectivity index (χ3n) is 12.7. The molecule has 3 saturated carbocycles. The molecule has 0 radical (unpaired) electrons. The number of hydrazine groups is 1. The van der Waals surface area contributed by atoms with E-state index in [4.69, 9.17) is 23.7 Å². The predicted molar refractivity (Wildman–Crippen MR) is 187 cm³/mol. The normalized spacial score (nSPS) is 39.5. The molecule has 0 aromatic rings. The van der Waals surface area contributed by atoms with Gasteiger partial charge in [0.05, 0.1) is 30.7 Å². The van der Waals surface area contributed by atoms with Crippen molar-refractivity contribution in [3.05, 3.63) is 0 Å². The molecule has 280 valence electrons. The van der Waals surface area contributed by atoms with E-state index in [0.29, 0.717) is 38.0 Å². The molecule has 10 atom stereocenters. The summed E-state index contributed by atoms with van der Waals surface area (Å²) in [4.78, 5) is 32.0. The van der Waals surface area contributed by atoms with E-state index in [-0.39, 0.29) is 48.2 Å². The van der Waals surface area contributed by atoms with Gasteiger partial charge in [0.1, 0.15) is 12.2 Å². The zero-order chi connectivity index (χ0) is 34.0. The lowest BCUT2D eigenvalue weighted by Crippen LogP contribution is -2.49. The van der Waals surface area contributed by atoms with E-state index in [1.165, 1.54) is 32.1 Å². The molecule has 11 heteroatoms. The highest BCUT2D eigenvalue weighted by molar-refractivity contribution is 5.73. The zero-order valence-corrected chi connectivity index (χ0v) is 30.6. The summed E-state index contributed by atoms with van der Waals surface area (Å²) in [5.41, 5.74) is 3.72. The van der Waals surface area contributed by atoms with Crippen LogP contribution >= 0.6 is 0 Å². The van der Waals surface area contributed by atoms with Crippen molar-refractivity contribution in [1.82, 2.24) is 20.2 Å². The van der Waals surface area contributed by atoms with Crippen molar-refractivity contribution >= 4 is 11.9 Å². The number of methoxy groups -OCH3 is 2. The van der Waals surface area contributed by atoms with Crippen LogP contribution in [0.2, 0.25) is 0 Å². The summed E-state index contributed by atoms with van der Waals surface area (Å²) in [6.07, 6.45) is 14.4. The molecule has 3 aliphatic heterocycles. The molecule has 0 spiro atoms. The van der Waals surface area contributed by atoms with Crippen LogP contribution in [0.3, 0.4) is 0 Å². The number of nitrogens with one attached hydrogen (secondary N) is 1. The fourth-order valence-corrected chi connectivity index (χ4v) is 9.74. The van der Waals surface area contributed by atoms with Gasteiger partial charge < -0.3 is 33.5 Å². The Morgan fingerprint density at radius 1 is 0.796 bits per heavy atom. The van der Waals surface area contributed by atoms with Crippen LogP contribution < -0.4 is 5.43 Å². The third kappa shape index (κ3) is 10.4. The first-order chi connectivity index (χ1) is 24.0. The molecule has 6 aliphatic rings. The maximum atomic E-state index is 13.9. The molecule has 10 unspecified atom stereocenters. The van der Waals surface area contributed by atoms with E-state index in [2.05, 4.69) is 20.2 Å². The molecule has 6 fully saturated rings. The van der Waals surface area contributed by atoms with E-state index in [0.717, 1.165) is 110 Å². The molecule has 11 nitrogen and oxygen atoms in total. The first-order valence-corrected chi connectivity index (χ1v) is 20.0. The van der Waals surface area contributed by atoms with Crippen LogP contribution in [-0.2, 0) is 33.3 Å². The number of rotatable bonds is 6. The Morgan fingerprint density at radius 3 is 2.39 bits per heavy atom. The Kier molecular flexibility index (Phi) is 14.5. The molecular weight excluding hydrogens is 624 g/mol. The lowest BCUT2D eigenvalue weighted by Gasteiger charge is -2.39. The largest absolute Gasteiger partial charge is 0.465 e. The number of carbonyl (C=O) groups excluding carboxylic acids is 2. The zero-order valence-electron chi connectivity index (χ0n) is 30.6. The Balaban J connectivity index is 1.08. The van der Waals surface area contributed by atoms with Gasteiger partial charge in [-0.25, -0.2) is 5.01 Å². The first-order valence-electron chi connectivity index (χ1n) is 20.0. The van der Waals surface area contributed by atoms with Crippen molar-refractivity contribution in [2.24, 2.45) is 23.7 Å². The quantitative estimate of drug-likeness (QED) is 0.409. The monoisotopic (exact) mass is 690 g/mol. The van der Waals surface area contributed by atoms with Gasteiger partial charge in [-0.2, -0.15) is 0 Å². The van der Waals surface area contributed by atoms with Crippen LogP contribution in [0.5, 0.6) is 0 Å². The topological polar surface area (TPSA) is 102 Å². The second kappa shape index (κ2) is 18.9. The molecule has 49 heavy (non-hydrogen) atoms. The van der Waals surface area contributed by atoms with Crippen molar-refractivity contribution in [2.45, 2.75) is 127 Å². The first kappa shape index (κ1) is 37.4. The lowest BCUT2D eigenvalue weighted by atomic mass is 9.78. The van der Waals surface area contributed by atoms with Crippen molar-refractivity contribution in [1.29, 1.82) is 0 Å². The van der Waals surface area contributed by atoms with E-state index < -0.39 is 0 Å².